The third kappa shape index (κ3) is 4.87. The Morgan fingerprint density at radius 2 is 1.61 bits per heavy atom. The van der Waals surface area contributed by atoms with E-state index in [-0.39, 0.29) is 30.9 Å². The van der Waals surface area contributed by atoms with Crippen molar-refractivity contribution < 1.29 is 24.2 Å². The highest BCUT2D eigenvalue weighted by molar-refractivity contribution is 5.87. The Balaban J connectivity index is 1.38. The lowest BCUT2D eigenvalue weighted by Gasteiger charge is -2.22. The molecule has 174 valence electrons. The first-order valence-electron chi connectivity index (χ1n) is 11.4. The van der Waals surface area contributed by atoms with Crippen molar-refractivity contribution >= 4 is 18.0 Å². The van der Waals surface area contributed by atoms with Crippen LogP contribution in [0.5, 0.6) is 0 Å². The minimum Gasteiger partial charge on any atom is -0.481 e. The highest BCUT2D eigenvalue weighted by atomic mass is 16.5. The van der Waals surface area contributed by atoms with E-state index < -0.39 is 23.5 Å². The van der Waals surface area contributed by atoms with E-state index in [0.29, 0.717) is 19.3 Å². The first-order chi connectivity index (χ1) is 15.8. The number of rotatable bonds is 9. The van der Waals surface area contributed by atoms with Gasteiger partial charge in [-0.15, -0.1) is 0 Å². The normalized spacial score (nSPS) is 16.5. The Labute approximate surface area is 193 Å². The first kappa shape index (κ1) is 22.8. The van der Waals surface area contributed by atoms with Gasteiger partial charge in [-0.3, -0.25) is 9.59 Å². The van der Waals surface area contributed by atoms with Crippen molar-refractivity contribution in [2.75, 3.05) is 13.2 Å². The standard InChI is InChI=1S/C26H30N2O5/c1-16(2)13-22(23(29)27-15-26(11-12-26)24(30)31)28-25(32)33-14-21-19-9-5-3-7-17(19)18-8-4-6-10-20(18)21/h3-10,16,21-22H,11-15H2,1-2H3,(H,27,29)(H,28,32)(H,30,31)/t22-/m0/s1. The Kier molecular flexibility index (Phi) is 6.40. The van der Waals surface area contributed by atoms with Crippen LogP contribution < -0.4 is 10.6 Å². The van der Waals surface area contributed by atoms with Crippen LogP contribution in [0.3, 0.4) is 0 Å². The van der Waals surface area contributed by atoms with Crippen LogP contribution in [0, 0.1) is 11.3 Å². The molecule has 0 aromatic heterocycles. The van der Waals surface area contributed by atoms with Crippen LogP contribution in [0.25, 0.3) is 11.1 Å². The van der Waals surface area contributed by atoms with Crippen LogP contribution in [-0.2, 0) is 14.3 Å². The fraction of sp³-hybridized carbons (Fsp3) is 0.423. The molecule has 0 heterocycles. The summed E-state index contributed by atoms with van der Waals surface area (Å²) in [5.41, 5.74) is 3.66. The molecule has 2 aromatic carbocycles. The number of carbonyl (C=O) groups is 3. The van der Waals surface area contributed by atoms with E-state index in [1.54, 1.807) is 0 Å². The van der Waals surface area contributed by atoms with Gasteiger partial charge in [-0.2, -0.15) is 0 Å². The lowest BCUT2D eigenvalue weighted by molar-refractivity contribution is -0.143. The zero-order chi connectivity index (χ0) is 23.6. The van der Waals surface area contributed by atoms with Gasteiger partial charge in [0.15, 0.2) is 0 Å². The number of ether oxygens (including phenoxy) is 1. The number of fused-ring (bicyclic) bond motifs is 3. The van der Waals surface area contributed by atoms with E-state index in [9.17, 15) is 19.5 Å². The Morgan fingerprint density at radius 3 is 2.12 bits per heavy atom. The lowest BCUT2D eigenvalue weighted by Crippen LogP contribution is -2.49. The van der Waals surface area contributed by atoms with E-state index in [4.69, 9.17) is 4.74 Å². The van der Waals surface area contributed by atoms with Crippen LogP contribution in [-0.4, -0.2) is 42.3 Å². The number of nitrogens with one attached hydrogen (secondary N) is 2. The number of hydrogen-bond donors (Lipinski definition) is 3. The Morgan fingerprint density at radius 1 is 1.03 bits per heavy atom. The average Bonchev–Trinajstić information content (AvgIpc) is 3.52. The van der Waals surface area contributed by atoms with Crippen LogP contribution >= 0.6 is 0 Å². The summed E-state index contributed by atoms with van der Waals surface area (Å²) in [5, 5.41) is 14.7. The van der Waals surface area contributed by atoms with Gasteiger partial charge in [0.1, 0.15) is 12.6 Å². The minimum atomic E-state index is -0.896. The van der Waals surface area contributed by atoms with Crippen molar-refractivity contribution in [1.29, 1.82) is 0 Å². The second kappa shape index (κ2) is 9.25. The average molecular weight is 451 g/mol. The third-order valence-corrected chi connectivity index (χ3v) is 6.57. The molecule has 1 atom stereocenters. The predicted octanol–water partition coefficient (Wildman–Crippen LogP) is 3.92. The number of aliphatic carboxylic acids is 1. The van der Waals surface area contributed by atoms with Crippen molar-refractivity contribution in [3.05, 3.63) is 59.7 Å². The first-order valence-corrected chi connectivity index (χ1v) is 11.4. The van der Waals surface area contributed by atoms with Crippen LogP contribution in [0.2, 0.25) is 0 Å². The van der Waals surface area contributed by atoms with E-state index in [1.807, 2.05) is 50.2 Å². The molecule has 7 nitrogen and oxygen atoms in total. The van der Waals surface area contributed by atoms with E-state index >= 15 is 0 Å². The van der Waals surface area contributed by atoms with Crippen molar-refractivity contribution in [2.24, 2.45) is 11.3 Å². The maximum absolute atomic E-state index is 12.7. The zero-order valence-corrected chi connectivity index (χ0v) is 19.0. The summed E-state index contributed by atoms with van der Waals surface area (Å²) < 4.78 is 5.57. The summed E-state index contributed by atoms with van der Waals surface area (Å²) >= 11 is 0. The number of amides is 2. The van der Waals surface area contributed by atoms with Crippen molar-refractivity contribution in [3.8, 4) is 11.1 Å². The maximum Gasteiger partial charge on any atom is 0.407 e. The maximum atomic E-state index is 12.7. The second-order valence-corrected chi connectivity index (χ2v) is 9.46. The summed E-state index contributed by atoms with van der Waals surface area (Å²) in [6, 6.07) is 15.4. The number of benzene rings is 2. The highest BCUT2D eigenvalue weighted by Gasteiger charge is 2.50. The van der Waals surface area contributed by atoms with E-state index in [2.05, 4.69) is 22.8 Å². The van der Waals surface area contributed by atoms with Crippen LogP contribution in [0.4, 0.5) is 4.79 Å². The molecule has 1 fully saturated rings. The molecule has 2 aromatic rings. The molecule has 0 saturated heterocycles. The van der Waals surface area contributed by atoms with E-state index in [1.165, 1.54) is 0 Å². The smallest absolute Gasteiger partial charge is 0.407 e. The largest absolute Gasteiger partial charge is 0.481 e. The number of carboxylic acids is 1. The minimum absolute atomic E-state index is 0.0641. The van der Waals surface area contributed by atoms with Gasteiger partial charge in [0, 0.05) is 12.5 Å². The molecule has 3 N–H and O–H groups in total. The summed E-state index contributed by atoms with van der Waals surface area (Å²) in [6.45, 7) is 4.15. The molecule has 4 rings (SSSR count). The fourth-order valence-electron chi connectivity index (χ4n) is 4.48. The van der Waals surface area contributed by atoms with Crippen molar-refractivity contribution in [3.63, 3.8) is 0 Å². The van der Waals surface area contributed by atoms with Gasteiger partial charge >= 0.3 is 12.1 Å². The lowest BCUT2D eigenvalue weighted by atomic mass is 9.98. The molecule has 2 aliphatic carbocycles. The molecule has 2 amide bonds. The monoisotopic (exact) mass is 450 g/mol. The van der Waals surface area contributed by atoms with Gasteiger partial charge in [0.05, 0.1) is 5.41 Å². The van der Waals surface area contributed by atoms with Gasteiger partial charge in [-0.1, -0.05) is 62.4 Å². The molecular weight excluding hydrogens is 420 g/mol. The molecular formula is C26H30N2O5. The molecule has 0 bridgehead atoms. The predicted molar refractivity (Wildman–Crippen MR) is 124 cm³/mol. The van der Waals surface area contributed by atoms with Gasteiger partial charge in [-0.25, -0.2) is 4.79 Å². The van der Waals surface area contributed by atoms with E-state index in [0.717, 1.165) is 22.3 Å². The van der Waals surface area contributed by atoms with Crippen LogP contribution in [0.15, 0.2) is 48.5 Å². The Hall–Kier alpha value is -3.35. The molecule has 0 radical (unpaired) electrons. The molecule has 2 aliphatic rings. The van der Waals surface area contributed by atoms with Gasteiger partial charge in [0.2, 0.25) is 5.91 Å². The third-order valence-electron chi connectivity index (χ3n) is 6.57. The quantitative estimate of drug-likeness (QED) is 0.537. The number of hydrogen-bond acceptors (Lipinski definition) is 4. The molecule has 0 aliphatic heterocycles. The Bertz CT molecular complexity index is 1010. The topological polar surface area (TPSA) is 105 Å². The molecule has 0 spiro atoms. The summed E-state index contributed by atoms with van der Waals surface area (Å²) in [4.78, 5) is 36.7. The SMILES string of the molecule is CC(C)C[C@H](NC(=O)OCC1c2ccccc2-c2ccccc21)C(=O)NCC1(C(=O)O)CC1. The van der Waals surface area contributed by atoms with Gasteiger partial charge < -0.3 is 20.5 Å². The summed E-state index contributed by atoms with van der Waals surface area (Å²) in [7, 11) is 0. The molecule has 0 unspecified atom stereocenters. The number of alkyl carbamates (subject to hydrolysis) is 1. The fourth-order valence-corrected chi connectivity index (χ4v) is 4.48. The van der Waals surface area contributed by atoms with Crippen molar-refractivity contribution in [1.82, 2.24) is 10.6 Å². The number of carboxylic acid groups (broad SMARTS) is 1. The van der Waals surface area contributed by atoms with Crippen molar-refractivity contribution in [2.45, 2.75) is 45.1 Å². The molecule has 33 heavy (non-hydrogen) atoms. The zero-order valence-electron chi connectivity index (χ0n) is 19.0. The number of carbonyl (C=O) groups excluding carboxylic acids is 2. The molecule has 1 saturated carbocycles. The van der Waals surface area contributed by atoms with Gasteiger partial charge in [-0.05, 0) is 47.4 Å². The second-order valence-electron chi connectivity index (χ2n) is 9.46. The van der Waals surface area contributed by atoms with Crippen LogP contribution in [0.1, 0.15) is 50.2 Å². The van der Waals surface area contributed by atoms with Gasteiger partial charge in [0.25, 0.3) is 0 Å². The highest BCUT2D eigenvalue weighted by Crippen LogP contribution is 2.45. The summed E-state index contributed by atoms with van der Waals surface area (Å²) in [6.07, 6.45) is 0.877. The summed E-state index contributed by atoms with van der Waals surface area (Å²) in [5.74, 6) is -1.19. The molecule has 7 heteroatoms.